The van der Waals surface area contributed by atoms with Crippen LogP contribution in [0.1, 0.15) is 5.56 Å². The largest absolute Gasteiger partial charge is 0.367 e. The van der Waals surface area contributed by atoms with Crippen LogP contribution < -0.4 is 5.32 Å². The number of nitrogens with zero attached hydrogens (tertiary/aromatic N) is 3. The van der Waals surface area contributed by atoms with Crippen molar-refractivity contribution >= 4 is 23.1 Å². The Kier molecular flexibility index (Phi) is 3.64. The zero-order valence-corrected chi connectivity index (χ0v) is 10.9. The van der Waals surface area contributed by atoms with Gasteiger partial charge in [0.1, 0.15) is 11.3 Å². The highest BCUT2D eigenvalue weighted by atomic mass is 15.0. The van der Waals surface area contributed by atoms with Crippen LogP contribution in [0.5, 0.6) is 0 Å². The first-order valence-corrected chi connectivity index (χ1v) is 6.45. The predicted molar refractivity (Wildman–Crippen MR) is 81.3 cm³/mol. The lowest BCUT2D eigenvalue weighted by molar-refractivity contribution is 1.19. The topological polar surface area (TPSA) is 50.7 Å². The maximum atomic E-state index is 4.40. The predicted octanol–water partition coefficient (Wildman–Crippen LogP) is 3.15. The lowest BCUT2D eigenvalue weighted by Crippen LogP contribution is -2.01. The SMILES string of the molecule is C(=C\c1ccccc1)/CNc1ccc2nccnc2n1. The summed E-state index contributed by atoms with van der Waals surface area (Å²) in [5.41, 5.74) is 2.65. The van der Waals surface area contributed by atoms with Gasteiger partial charge in [0.2, 0.25) is 0 Å². The second-order valence-corrected chi connectivity index (χ2v) is 4.29. The molecule has 2 heterocycles. The first kappa shape index (κ1) is 12.3. The van der Waals surface area contributed by atoms with Gasteiger partial charge in [-0.1, -0.05) is 42.5 Å². The molecule has 1 aromatic carbocycles. The van der Waals surface area contributed by atoms with Crippen molar-refractivity contribution in [1.82, 2.24) is 15.0 Å². The molecule has 0 bridgehead atoms. The van der Waals surface area contributed by atoms with E-state index in [1.165, 1.54) is 5.56 Å². The average molecular weight is 262 g/mol. The van der Waals surface area contributed by atoms with Crippen LogP contribution in [-0.4, -0.2) is 21.5 Å². The number of nitrogens with one attached hydrogen (secondary N) is 1. The molecule has 0 aliphatic rings. The lowest BCUT2D eigenvalue weighted by atomic mass is 10.2. The van der Waals surface area contributed by atoms with E-state index in [2.05, 4.69) is 44.6 Å². The van der Waals surface area contributed by atoms with Crippen molar-refractivity contribution < 1.29 is 0 Å². The molecule has 0 radical (unpaired) electrons. The second-order valence-electron chi connectivity index (χ2n) is 4.29. The van der Waals surface area contributed by atoms with E-state index in [9.17, 15) is 0 Å². The Labute approximate surface area is 117 Å². The highest BCUT2D eigenvalue weighted by Gasteiger charge is 1.97. The number of pyridine rings is 1. The van der Waals surface area contributed by atoms with Crippen LogP contribution in [0.4, 0.5) is 5.82 Å². The minimum Gasteiger partial charge on any atom is -0.367 e. The monoisotopic (exact) mass is 262 g/mol. The smallest absolute Gasteiger partial charge is 0.180 e. The zero-order chi connectivity index (χ0) is 13.6. The van der Waals surface area contributed by atoms with Crippen molar-refractivity contribution in [3.05, 3.63) is 66.5 Å². The first-order chi connectivity index (χ1) is 9.92. The Balaban J connectivity index is 1.64. The van der Waals surface area contributed by atoms with Crippen LogP contribution in [0.25, 0.3) is 17.2 Å². The fourth-order valence-electron chi connectivity index (χ4n) is 1.88. The van der Waals surface area contributed by atoms with Crippen LogP contribution in [0.15, 0.2) is 60.9 Å². The van der Waals surface area contributed by atoms with Gasteiger partial charge < -0.3 is 5.32 Å². The lowest BCUT2D eigenvalue weighted by Gasteiger charge is -2.03. The van der Waals surface area contributed by atoms with E-state index in [-0.39, 0.29) is 0 Å². The third-order valence-electron chi connectivity index (χ3n) is 2.84. The first-order valence-electron chi connectivity index (χ1n) is 6.45. The molecule has 0 aliphatic heterocycles. The Morgan fingerprint density at radius 2 is 1.80 bits per heavy atom. The standard InChI is InChI=1S/C16H14N4/c1-2-5-13(6-3-1)7-4-10-18-15-9-8-14-16(20-15)19-12-11-17-14/h1-9,11-12H,10H2,(H,18,19,20)/b7-4+. The molecule has 98 valence electrons. The van der Waals surface area contributed by atoms with Gasteiger partial charge in [-0.3, -0.25) is 4.98 Å². The van der Waals surface area contributed by atoms with Gasteiger partial charge in [-0.25, -0.2) is 9.97 Å². The third-order valence-corrected chi connectivity index (χ3v) is 2.84. The molecule has 4 heteroatoms. The van der Waals surface area contributed by atoms with Gasteiger partial charge in [-0.05, 0) is 17.7 Å². The molecule has 0 saturated heterocycles. The maximum absolute atomic E-state index is 4.40. The number of anilines is 1. The highest BCUT2D eigenvalue weighted by molar-refractivity contribution is 5.71. The summed E-state index contributed by atoms with van der Waals surface area (Å²) in [6, 6.07) is 14.0. The number of aromatic nitrogens is 3. The van der Waals surface area contributed by atoms with Gasteiger partial charge in [-0.15, -0.1) is 0 Å². The van der Waals surface area contributed by atoms with Crippen LogP contribution in [0.2, 0.25) is 0 Å². The fraction of sp³-hybridized carbons (Fsp3) is 0.0625. The Morgan fingerprint density at radius 1 is 0.950 bits per heavy atom. The summed E-state index contributed by atoms with van der Waals surface area (Å²) in [5, 5.41) is 3.24. The minimum absolute atomic E-state index is 0.657. The molecule has 1 N–H and O–H groups in total. The molecule has 3 aromatic rings. The van der Waals surface area contributed by atoms with Gasteiger partial charge >= 0.3 is 0 Å². The van der Waals surface area contributed by atoms with Crippen LogP contribution in [-0.2, 0) is 0 Å². The molecular weight excluding hydrogens is 248 g/mol. The molecule has 2 aromatic heterocycles. The molecule has 0 saturated carbocycles. The van der Waals surface area contributed by atoms with Crippen molar-refractivity contribution in [2.24, 2.45) is 0 Å². The van der Waals surface area contributed by atoms with E-state index in [4.69, 9.17) is 0 Å². The zero-order valence-electron chi connectivity index (χ0n) is 10.9. The van der Waals surface area contributed by atoms with Crippen molar-refractivity contribution in [3.63, 3.8) is 0 Å². The average Bonchev–Trinajstić information content (AvgIpc) is 2.52. The van der Waals surface area contributed by atoms with E-state index in [1.54, 1.807) is 12.4 Å². The third kappa shape index (κ3) is 2.98. The number of benzene rings is 1. The van der Waals surface area contributed by atoms with Crippen LogP contribution >= 0.6 is 0 Å². The molecule has 0 amide bonds. The molecule has 0 fully saturated rings. The van der Waals surface area contributed by atoms with E-state index in [0.29, 0.717) is 12.2 Å². The molecule has 4 nitrogen and oxygen atoms in total. The fourth-order valence-corrected chi connectivity index (χ4v) is 1.88. The quantitative estimate of drug-likeness (QED) is 0.784. The van der Waals surface area contributed by atoms with E-state index in [1.807, 2.05) is 30.3 Å². The van der Waals surface area contributed by atoms with Gasteiger partial charge in [0.15, 0.2) is 5.65 Å². The van der Waals surface area contributed by atoms with Gasteiger partial charge in [0.05, 0.1) is 0 Å². The molecule has 0 spiro atoms. The van der Waals surface area contributed by atoms with E-state index >= 15 is 0 Å². The maximum Gasteiger partial charge on any atom is 0.180 e. The van der Waals surface area contributed by atoms with Crippen molar-refractivity contribution in [2.75, 3.05) is 11.9 Å². The van der Waals surface area contributed by atoms with Crippen molar-refractivity contribution in [2.45, 2.75) is 0 Å². The van der Waals surface area contributed by atoms with E-state index < -0.39 is 0 Å². The van der Waals surface area contributed by atoms with Crippen molar-refractivity contribution in [3.8, 4) is 0 Å². The normalized spacial score (nSPS) is 11.0. The van der Waals surface area contributed by atoms with E-state index in [0.717, 1.165) is 11.3 Å². The summed E-state index contributed by atoms with van der Waals surface area (Å²) in [5.74, 6) is 0.802. The summed E-state index contributed by atoms with van der Waals surface area (Å²) in [6.07, 6.45) is 7.46. The van der Waals surface area contributed by atoms with Gasteiger partial charge in [-0.2, -0.15) is 0 Å². The molecule has 20 heavy (non-hydrogen) atoms. The molecule has 0 aliphatic carbocycles. The summed E-state index contributed by atoms with van der Waals surface area (Å²) < 4.78 is 0. The second kappa shape index (κ2) is 5.93. The Bertz CT molecular complexity index is 723. The molecule has 0 atom stereocenters. The summed E-state index contributed by atoms with van der Waals surface area (Å²) >= 11 is 0. The van der Waals surface area contributed by atoms with Crippen LogP contribution in [0.3, 0.4) is 0 Å². The molecule has 3 rings (SSSR count). The molecule has 0 unspecified atom stereocenters. The summed E-state index contributed by atoms with van der Waals surface area (Å²) in [6.45, 7) is 0.716. The van der Waals surface area contributed by atoms with Gasteiger partial charge in [0, 0.05) is 18.9 Å². The Hall–Kier alpha value is -2.75. The van der Waals surface area contributed by atoms with Crippen molar-refractivity contribution in [1.29, 1.82) is 0 Å². The van der Waals surface area contributed by atoms with Crippen LogP contribution in [0, 0.1) is 0 Å². The molecular formula is C16H14N4. The number of hydrogen-bond donors (Lipinski definition) is 1. The number of hydrogen-bond acceptors (Lipinski definition) is 4. The number of rotatable bonds is 4. The summed E-state index contributed by atoms with van der Waals surface area (Å²) in [4.78, 5) is 12.8. The van der Waals surface area contributed by atoms with Gasteiger partial charge in [0.25, 0.3) is 0 Å². The Morgan fingerprint density at radius 3 is 2.70 bits per heavy atom. The number of fused-ring (bicyclic) bond motifs is 1. The summed E-state index contributed by atoms with van der Waals surface area (Å²) in [7, 11) is 0. The minimum atomic E-state index is 0.657. The highest BCUT2D eigenvalue weighted by Crippen LogP contribution is 2.09.